The molecule has 1 aromatic carbocycles. The zero-order chi connectivity index (χ0) is 24.4. The summed E-state index contributed by atoms with van der Waals surface area (Å²) in [6.07, 6.45) is 7.53. The maximum Gasteiger partial charge on any atom is 0.177 e. The molecule has 0 radical (unpaired) electrons. The van der Waals surface area contributed by atoms with E-state index in [-0.39, 0.29) is 0 Å². The number of aryl methyl sites for hydroxylation is 1. The van der Waals surface area contributed by atoms with Crippen molar-refractivity contribution in [2.45, 2.75) is 51.5 Å². The molecule has 1 unspecified atom stereocenters. The molecule has 3 aromatic rings. The first kappa shape index (κ1) is 24.6. The number of hydrogen-bond donors (Lipinski definition) is 1. The summed E-state index contributed by atoms with van der Waals surface area (Å²) in [7, 11) is 0. The first-order valence-corrected chi connectivity index (χ1v) is 13.9. The van der Waals surface area contributed by atoms with Gasteiger partial charge in [-0.2, -0.15) is 0 Å². The number of fused-ring (bicyclic) bond motifs is 1. The molecule has 9 heteroatoms. The van der Waals surface area contributed by atoms with Gasteiger partial charge >= 0.3 is 0 Å². The van der Waals surface area contributed by atoms with Crippen LogP contribution >= 0.6 is 34.5 Å². The molecule has 35 heavy (non-hydrogen) atoms. The number of nitrogens with one attached hydrogen (secondary N) is 1. The molecule has 5 rings (SSSR count). The molecule has 4 heterocycles. The zero-order valence-electron chi connectivity index (χ0n) is 20.2. The van der Waals surface area contributed by atoms with Crippen molar-refractivity contribution in [3.8, 4) is 0 Å². The number of anilines is 1. The Morgan fingerprint density at radius 2 is 1.80 bits per heavy atom. The average Bonchev–Trinajstić information content (AvgIpc) is 3.61. The van der Waals surface area contributed by atoms with E-state index in [1.54, 1.807) is 23.5 Å². The molecule has 2 aliphatic rings. The fraction of sp³-hybridized carbons (Fsp3) is 0.462. The maximum absolute atomic E-state index is 6.34. The molecule has 184 valence electrons. The van der Waals surface area contributed by atoms with Crippen molar-refractivity contribution in [3.63, 3.8) is 0 Å². The summed E-state index contributed by atoms with van der Waals surface area (Å²) in [6, 6.07) is 7.79. The van der Waals surface area contributed by atoms with Gasteiger partial charge in [0.05, 0.1) is 21.1 Å². The number of hydrogen-bond acceptors (Lipinski definition) is 7. The molecular weight excluding hydrogens is 499 g/mol. The van der Waals surface area contributed by atoms with Crippen LogP contribution in [0.1, 0.15) is 54.5 Å². The molecule has 1 saturated heterocycles. The minimum atomic E-state index is -0.810. The van der Waals surface area contributed by atoms with Crippen LogP contribution in [0.5, 0.6) is 0 Å². The van der Waals surface area contributed by atoms with E-state index in [2.05, 4.69) is 41.2 Å². The van der Waals surface area contributed by atoms with Gasteiger partial charge in [-0.1, -0.05) is 30.1 Å². The molecule has 2 aliphatic heterocycles. The Labute approximate surface area is 220 Å². The van der Waals surface area contributed by atoms with E-state index in [4.69, 9.17) is 38.2 Å². The number of aliphatic imine (C=N–C) groups is 2. The summed E-state index contributed by atoms with van der Waals surface area (Å²) < 4.78 is 0. The summed E-state index contributed by atoms with van der Waals surface area (Å²) in [5.74, 6) is 1.53. The predicted molar refractivity (Wildman–Crippen MR) is 149 cm³/mol. The fourth-order valence-corrected chi connectivity index (χ4v) is 5.99. The molecule has 1 N–H and O–H groups in total. The highest BCUT2D eigenvalue weighted by Gasteiger charge is 2.41. The third-order valence-electron chi connectivity index (χ3n) is 6.60. The van der Waals surface area contributed by atoms with Gasteiger partial charge in [0, 0.05) is 28.9 Å². The van der Waals surface area contributed by atoms with E-state index in [0.29, 0.717) is 21.1 Å². The average molecular weight is 530 g/mol. The second-order valence-electron chi connectivity index (χ2n) is 9.17. The molecule has 1 atom stereocenters. The topological polar surface area (TPSA) is 65.8 Å². The van der Waals surface area contributed by atoms with Crippen LogP contribution in [-0.2, 0) is 5.54 Å². The predicted octanol–water partition coefficient (Wildman–Crippen LogP) is 6.73. The molecule has 0 bridgehead atoms. The van der Waals surface area contributed by atoms with Crippen molar-refractivity contribution in [1.82, 2.24) is 14.9 Å². The van der Waals surface area contributed by atoms with Crippen molar-refractivity contribution in [1.29, 1.82) is 0 Å². The van der Waals surface area contributed by atoms with Crippen LogP contribution in [0.25, 0.3) is 11.0 Å². The van der Waals surface area contributed by atoms with E-state index in [1.807, 2.05) is 6.21 Å². The molecule has 0 amide bonds. The third-order valence-corrected chi connectivity index (χ3v) is 8.45. The van der Waals surface area contributed by atoms with Gasteiger partial charge in [-0.3, -0.25) is 0 Å². The second kappa shape index (κ2) is 10.5. The summed E-state index contributed by atoms with van der Waals surface area (Å²) in [6.45, 7) is 8.60. The van der Waals surface area contributed by atoms with Crippen LogP contribution in [-0.4, -0.2) is 53.1 Å². The number of amidine groups is 1. The SMILES string of the molecule is CCC1=NC(c2ccc(C)s2)(c2nc3cc(Cl)c(Cl)cc3nc2NCCCCN2CCCC2)C=N1. The van der Waals surface area contributed by atoms with E-state index in [9.17, 15) is 0 Å². The number of rotatable bonds is 9. The lowest BCUT2D eigenvalue weighted by molar-refractivity contribution is 0.331. The van der Waals surface area contributed by atoms with Gasteiger partial charge in [0.25, 0.3) is 0 Å². The standard InChI is InChI=1S/C26H30Cl2N6S/c1-3-23-30-16-26(33-23,22-9-8-17(2)35-22)24-25(29-10-4-5-11-34-12-6-7-13-34)32-21-15-19(28)18(27)14-20(21)31-24/h8-9,14-16H,3-7,10-13H2,1-2H3,(H,29,32). The Kier molecular flexibility index (Phi) is 7.39. The van der Waals surface area contributed by atoms with Gasteiger partial charge in [-0.15, -0.1) is 11.3 Å². The highest BCUT2D eigenvalue weighted by atomic mass is 35.5. The largest absolute Gasteiger partial charge is 0.368 e. The fourth-order valence-electron chi connectivity index (χ4n) is 4.70. The van der Waals surface area contributed by atoms with Crippen LogP contribution in [0.3, 0.4) is 0 Å². The minimum Gasteiger partial charge on any atom is -0.368 e. The lowest BCUT2D eigenvalue weighted by Gasteiger charge is -2.24. The summed E-state index contributed by atoms with van der Waals surface area (Å²) in [5, 5.41) is 4.51. The van der Waals surface area contributed by atoms with Crippen molar-refractivity contribution >= 4 is 63.4 Å². The van der Waals surface area contributed by atoms with E-state index < -0.39 is 5.54 Å². The van der Waals surface area contributed by atoms with Gasteiger partial charge in [0.15, 0.2) is 11.4 Å². The number of likely N-dealkylation sites (tertiary alicyclic amines) is 1. The van der Waals surface area contributed by atoms with Crippen LogP contribution in [0.15, 0.2) is 34.3 Å². The number of benzene rings is 1. The third kappa shape index (κ3) is 5.10. The lowest BCUT2D eigenvalue weighted by Crippen LogP contribution is -2.28. The normalized spacial score (nSPS) is 20.2. The molecule has 6 nitrogen and oxygen atoms in total. The number of aromatic nitrogens is 2. The zero-order valence-corrected chi connectivity index (χ0v) is 22.5. The Morgan fingerprint density at radius 1 is 1.06 bits per heavy atom. The van der Waals surface area contributed by atoms with Crippen LogP contribution in [0.2, 0.25) is 10.0 Å². The molecule has 0 saturated carbocycles. The molecule has 0 spiro atoms. The van der Waals surface area contributed by atoms with E-state index in [1.165, 1.54) is 30.8 Å². The monoisotopic (exact) mass is 528 g/mol. The van der Waals surface area contributed by atoms with Gasteiger partial charge in [-0.05, 0) is 76.5 Å². The Hall–Kier alpha value is -2.06. The van der Waals surface area contributed by atoms with E-state index >= 15 is 0 Å². The lowest BCUT2D eigenvalue weighted by atomic mass is 9.94. The van der Waals surface area contributed by atoms with Gasteiger partial charge in [0.1, 0.15) is 11.5 Å². The van der Waals surface area contributed by atoms with Gasteiger partial charge < -0.3 is 10.2 Å². The second-order valence-corrected chi connectivity index (χ2v) is 11.3. The van der Waals surface area contributed by atoms with Crippen molar-refractivity contribution in [2.24, 2.45) is 9.98 Å². The number of thiophene rings is 1. The number of nitrogens with zero attached hydrogens (tertiary/aromatic N) is 5. The highest BCUT2D eigenvalue weighted by molar-refractivity contribution is 7.12. The van der Waals surface area contributed by atoms with Crippen molar-refractivity contribution in [2.75, 3.05) is 31.5 Å². The summed E-state index contributed by atoms with van der Waals surface area (Å²) in [5.41, 5.74) is 1.33. The van der Waals surface area contributed by atoms with Crippen LogP contribution in [0, 0.1) is 6.92 Å². The summed E-state index contributed by atoms with van der Waals surface area (Å²) >= 11 is 14.4. The van der Waals surface area contributed by atoms with Crippen LogP contribution < -0.4 is 5.32 Å². The smallest absolute Gasteiger partial charge is 0.177 e. The van der Waals surface area contributed by atoms with Gasteiger partial charge in [-0.25, -0.2) is 20.0 Å². The highest BCUT2D eigenvalue weighted by Crippen LogP contribution is 2.42. The quantitative estimate of drug-likeness (QED) is 0.312. The Bertz CT molecular complexity index is 1280. The first-order chi connectivity index (χ1) is 17.0. The summed E-state index contributed by atoms with van der Waals surface area (Å²) in [4.78, 5) is 24.6. The van der Waals surface area contributed by atoms with Crippen molar-refractivity contribution in [3.05, 3.63) is 49.8 Å². The molecule has 2 aromatic heterocycles. The molecule has 0 aliphatic carbocycles. The number of unbranched alkanes of at least 4 members (excludes halogenated alkanes) is 1. The molecule has 1 fully saturated rings. The number of halogens is 2. The minimum absolute atomic E-state index is 0.459. The van der Waals surface area contributed by atoms with Gasteiger partial charge in [0.2, 0.25) is 0 Å². The van der Waals surface area contributed by atoms with Crippen molar-refractivity contribution < 1.29 is 0 Å². The Morgan fingerprint density at radius 3 is 2.46 bits per heavy atom. The van der Waals surface area contributed by atoms with E-state index in [0.717, 1.165) is 54.6 Å². The van der Waals surface area contributed by atoms with Crippen LogP contribution in [0.4, 0.5) is 5.82 Å². The Balaban J connectivity index is 1.52. The molecular formula is C26H30Cl2N6S. The first-order valence-electron chi connectivity index (χ1n) is 12.3. The maximum atomic E-state index is 6.34.